The zero-order chi connectivity index (χ0) is 11.5. The second kappa shape index (κ2) is 4.44. The molecule has 3 heteroatoms. The summed E-state index contributed by atoms with van der Waals surface area (Å²) in [6.07, 6.45) is 2.45. The molecule has 0 spiro atoms. The molecule has 0 radical (unpaired) electrons. The lowest BCUT2D eigenvalue weighted by atomic mass is 10.0. The first-order chi connectivity index (χ1) is 7.74. The molecule has 1 aliphatic heterocycles. The van der Waals surface area contributed by atoms with E-state index in [2.05, 4.69) is 12.1 Å². The lowest BCUT2D eigenvalue weighted by Crippen LogP contribution is -2.05. The van der Waals surface area contributed by atoms with Crippen LogP contribution < -0.4 is 9.47 Å². The lowest BCUT2D eigenvalue weighted by Gasteiger charge is -2.09. The molecule has 1 aliphatic rings. The van der Waals surface area contributed by atoms with Gasteiger partial charge in [-0.15, -0.1) is 0 Å². The number of nitriles is 1. The third kappa shape index (κ3) is 1.96. The van der Waals surface area contributed by atoms with E-state index in [9.17, 15) is 0 Å². The van der Waals surface area contributed by atoms with E-state index in [0.717, 1.165) is 29.9 Å². The van der Waals surface area contributed by atoms with Gasteiger partial charge in [-0.1, -0.05) is 6.07 Å². The standard InChI is InChI=1S/C13H15NO2/c1-9-6-11-7-10(4-3-5-14)8-12(15-2)13(11)16-9/h7-9H,3-4,6H2,1-2H3. The summed E-state index contributed by atoms with van der Waals surface area (Å²) in [6, 6.07) is 6.25. The third-order valence-electron chi connectivity index (χ3n) is 2.76. The Morgan fingerprint density at radius 3 is 3.06 bits per heavy atom. The molecule has 0 fully saturated rings. The number of nitrogens with zero attached hydrogens (tertiary/aromatic N) is 1. The predicted octanol–water partition coefficient (Wildman–Crippen LogP) is 2.47. The van der Waals surface area contributed by atoms with E-state index in [0.29, 0.717) is 6.42 Å². The van der Waals surface area contributed by atoms with Gasteiger partial charge in [0.1, 0.15) is 6.10 Å². The molecular formula is C13H15NO2. The van der Waals surface area contributed by atoms with Gasteiger partial charge in [-0.05, 0) is 25.0 Å². The summed E-state index contributed by atoms with van der Waals surface area (Å²) < 4.78 is 11.0. The lowest BCUT2D eigenvalue weighted by molar-refractivity contribution is 0.243. The maximum absolute atomic E-state index is 8.58. The van der Waals surface area contributed by atoms with Gasteiger partial charge in [-0.3, -0.25) is 0 Å². The van der Waals surface area contributed by atoms with Gasteiger partial charge < -0.3 is 9.47 Å². The molecule has 16 heavy (non-hydrogen) atoms. The molecule has 0 aromatic heterocycles. The predicted molar refractivity (Wildman–Crippen MR) is 60.7 cm³/mol. The molecule has 1 aromatic carbocycles. The minimum absolute atomic E-state index is 0.218. The summed E-state index contributed by atoms with van der Waals surface area (Å²) in [5, 5.41) is 8.58. The van der Waals surface area contributed by atoms with Crippen LogP contribution in [0.25, 0.3) is 0 Å². The van der Waals surface area contributed by atoms with Crippen molar-refractivity contribution in [1.29, 1.82) is 5.26 Å². The third-order valence-corrected chi connectivity index (χ3v) is 2.76. The summed E-state index contributed by atoms with van der Waals surface area (Å²) in [5.74, 6) is 1.66. The highest BCUT2D eigenvalue weighted by Gasteiger charge is 2.23. The molecule has 2 rings (SSSR count). The molecule has 1 heterocycles. The van der Waals surface area contributed by atoms with E-state index in [1.165, 1.54) is 5.56 Å². The first kappa shape index (κ1) is 10.8. The highest BCUT2D eigenvalue weighted by atomic mass is 16.5. The monoisotopic (exact) mass is 217 g/mol. The van der Waals surface area contributed by atoms with E-state index >= 15 is 0 Å². The highest BCUT2D eigenvalue weighted by molar-refractivity contribution is 5.52. The summed E-state index contributed by atoms with van der Waals surface area (Å²) >= 11 is 0. The largest absolute Gasteiger partial charge is 0.493 e. The number of hydrogen-bond donors (Lipinski definition) is 0. The maximum Gasteiger partial charge on any atom is 0.164 e. The Balaban J connectivity index is 2.32. The van der Waals surface area contributed by atoms with Crippen molar-refractivity contribution in [2.24, 2.45) is 0 Å². The molecule has 0 N–H and O–H groups in total. The topological polar surface area (TPSA) is 42.2 Å². The van der Waals surface area contributed by atoms with Crippen LogP contribution in [-0.2, 0) is 12.8 Å². The van der Waals surface area contributed by atoms with Crippen LogP contribution in [0.1, 0.15) is 24.5 Å². The molecule has 1 aromatic rings. The van der Waals surface area contributed by atoms with Crippen LogP contribution in [0.4, 0.5) is 0 Å². The number of methoxy groups -OCH3 is 1. The van der Waals surface area contributed by atoms with Crippen molar-refractivity contribution < 1.29 is 9.47 Å². The van der Waals surface area contributed by atoms with Crippen molar-refractivity contribution in [3.05, 3.63) is 23.3 Å². The van der Waals surface area contributed by atoms with Crippen LogP contribution >= 0.6 is 0 Å². The van der Waals surface area contributed by atoms with E-state index in [4.69, 9.17) is 14.7 Å². The average molecular weight is 217 g/mol. The molecule has 0 bridgehead atoms. The molecule has 84 valence electrons. The highest BCUT2D eigenvalue weighted by Crippen LogP contribution is 2.39. The number of ether oxygens (including phenoxy) is 2. The van der Waals surface area contributed by atoms with E-state index < -0.39 is 0 Å². The molecule has 0 aliphatic carbocycles. The zero-order valence-corrected chi connectivity index (χ0v) is 9.62. The summed E-state index contributed by atoms with van der Waals surface area (Å²) in [4.78, 5) is 0. The molecule has 0 saturated heterocycles. The van der Waals surface area contributed by atoms with Gasteiger partial charge in [-0.25, -0.2) is 0 Å². The number of hydrogen-bond acceptors (Lipinski definition) is 3. The average Bonchev–Trinajstić information content (AvgIpc) is 2.65. The Bertz CT molecular complexity index is 434. The molecular weight excluding hydrogens is 202 g/mol. The van der Waals surface area contributed by atoms with Gasteiger partial charge in [0, 0.05) is 18.4 Å². The second-order valence-corrected chi connectivity index (χ2v) is 4.08. The molecule has 1 atom stereocenters. The minimum atomic E-state index is 0.218. The van der Waals surface area contributed by atoms with Crippen molar-refractivity contribution in [3.63, 3.8) is 0 Å². The van der Waals surface area contributed by atoms with Crippen LogP contribution in [0.5, 0.6) is 11.5 Å². The van der Waals surface area contributed by atoms with Crippen LogP contribution in [0, 0.1) is 11.3 Å². The summed E-state index contributed by atoms with van der Waals surface area (Å²) in [7, 11) is 1.65. The fourth-order valence-corrected chi connectivity index (χ4v) is 2.06. The van der Waals surface area contributed by atoms with Gasteiger partial charge in [0.15, 0.2) is 11.5 Å². The van der Waals surface area contributed by atoms with Gasteiger partial charge in [-0.2, -0.15) is 5.26 Å². The summed E-state index contributed by atoms with van der Waals surface area (Å²) in [5.41, 5.74) is 2.34. The second-order valence-electron chi connectivity index (χ2n) is 4.08. The van der Waals surface area contributed by atoms with Crippen LogP contribution in [0.2, 0.25) is 0 Å². The van der Waals surface area contributed by atoms with Crippen molar-refractivity contribution >= 4 is 0 Å². The van der Waals surface area contributed by atoms with Gasteiger partial charge >= 0.3 is 0 Å². The number of aryl methyl sites for hydroxylation is 1. The molecule has 3 nitrogen and oxygen atoms in total. The zero-order valence-electron chi connectivity index (χ0n) is 9.62. The Morgan fingerprint density at radius 1 is 1.56 bits per heavy atom. The van der Waals surface area contributed by atoms with Crippen molar-refractivity contribution in [2.75, 3.05) is 7.11 Å². The van der Waals surface area contributed by atoms with Crippen LogP contribution in [-0.4, -0.2) is 13.2 Å². The fraction of sp³-hybridized carbons (Fsp3) is 0.462. The Morgan fingerprint density at radius 2 is 2.38 bits per heavy atom. The Labute approximate surface area is 95.6 Å². The minimum Gasteiger partial charge on any atom is -0.493 e. The normalized spacial score (nSPS) is 17.4. The fourth-order valence-electron chi connectivity index (χ4n) is 2.06. The number of rotatable bonds is 3. The maximum atomic E-state index is 8.58. The smallest absolute Gasteiger partial charge is 0.164 e. The molecule has 0 saturated carbocycles. The van der Waals surface area contributed by atoms with Crippen LogP contribution in [0.3, 0.4) is 0 Å². The van der Waals surface area contributed by atoms with Gasteiger partial charge in [0.25, 0.3) is 0 Å². The van der Waals surface area contributed by atoms with E-state index in [-0.39, 0.29) is 6.10 Å². The first-order valence-electron chi connectivity index (χ1n) is 5.48. The van der Waals surface area contributed by atoms with Crippen molar-refractivity contribution in [1.82, 2.24) is 0 Å². The van der Waals surface area contributed by atoms with Gasteiger partial charge in [0.2, 0.25) is 0 Å². The van der Waals surface area contributed by atoms with Crippen LogP contribution in [0.15, 0.2) is 12.1 Å². The Hall–Kier alpha value is -1.69. The molecule has 0 amide bonds. The van der Waals surface area contributed by atoms with Crippen molar-refractivity contribution in [3.8, 4) is 17.6 Å². The summed E-state index contributed by atoms with van der Waals surface area (Å²) in [6.45, 7) is 2.05. The molecule has 1 unspecified atom stereocenters. The first-order valence-corrected chi connectivity index (χ1v) is 5.48. The van der Waals surface area contributed by atoms with Crippen molar-refractivity contribution in [2.45, 2.75) is 32.3 Å². The SMILES string of the molecule is COc1cc(CCC#N)cc2c1OC(C)C2. The number of benzene rings is 1. The Kier molecular flexibility index (Phi) is 3.00. The number of fused-ring (bicyclic) bond motifs is 1. The quantitative estimate of drug-likeness (QED) is 0.781. The van der Waals surface area contributed by atoms with E-state index in [1.54, 1.807) is 7.11 Å². The van der Waals surface area contributed by atoms with Gasteiger partial charge in [0.05, 0.1) is 13.2 Å². The van der Waals surface area contributed by atoms with E-state index in [1.807, 2.05) is 13.0 Å².